The SMILES string of the molecule is O=C(NOC1CCCCO1)C(F)=Cc1cnc(N[C@@H]2CCCN(C3CCCC3)C2)c(Cl)c1. The molecule has 32 heavy (non-hydrogen) atoms. The number of ether oxygens (including phenoxy) is 1. The molecule has 7 nitrogen and oxygen atoms in total. The van der Waals surface area contributed by atoms with E-state index in [1.807, 2.05) is 0 Å². The van der Waals surface area contributed by atoms with Crippen LogP contribution in [-0.2, 0) is 14.4 Å². The van der Waals surface area contributed by atoms with Crippen molar-refractivity contribution in [3.05, 3.63) is 28.7 Å². The molecule has 2 saturated heterocycles. The molecule has 9 heteroatoms. The molecule has 0 bridgehead atoms. The van der Waals surface area contributed by atoms with Crippen LogP contribution in [0.25, 0.3) is 6.08 Å². The Hall–Kier alpha value is -1.74. The molecule has 0 radical (unpaired) electrons. The van der Waals surface area contributed by atoms with E-state index in [0.29, 0.717) is 35.5 Å². The first kappa shape index (κ1) is 23.4. The number of hydrogen-bond donors (Lipinski definition) is 2. The highest BCUT2D eigenvalue weighted by Gasteiger charge is 2.28. The van der Waals surface area contributed by atoms with Gasteiger partial charge in [0.15, 0.2) is 12.1 Å². The Labute approximate surface area is 193 Å². The van der Waals surface area contributed by atoms with Crippen LogP contribution in [0.4, 0.5) is 10.2 Å². The molecule has 1 amide bonds. The number of nitrogens with one attached hydrogen (secondary N) is 2. The van der Waals surface area contributed by atoms with E-state index in [1.165, 1.54) is 31.9 Å². The minimum atomic E-state index is -0.987. The predicted molar refractivity (Wildman–Crippen MR) is 122 cm³/mol. The second kappa shape index (κ2) is 11.4. The molecule has 1 aromatic heterocycles. The van der Waals surface area contributed by atoms with Gasteiger partial charge in [0.1, 0.15) is 5.82 Å². The summed E-state index contributed by atoms with van der Waals surface area (Å²) < 4.78 is 19.6. The summed E-state index contributed by atoms with van der Waals surface area (Å²) in [7, 11) is 0. The van der Waals surface area contributed by atoms with Crippen molar-refractivity contribution in [2.45, 2.75) is 76.2 Å². The summed E-state index contributed by atoms with van der Waals surface area (Å²) in [5.41, 5.74) is 2.50. The van der Waals surface area contributed by atoms with Crippen molar-refractivity contribution < 1.29 is 18.8 Å². The predicted octanol–water partition coefficient (Wildman–Crippen LogP) is 4.44. The smallest absolute Gasteiger partial charge is 0.303 e. The van der Waals surface area contributed by atoms with Crippen molar-refractivity contribution in [1.82, 2.24) is 15.4 Å². The summed E-state index contributed by atoms with van der Waals surface area (Å²) in [6, 6.07) is 2.60. The number of carbonyl (C=O) groups is 1. The molecule has 1 aromatic rings. The highest BCUT2D eigenvalue weighted by atomic mass is 35.5. The van der Waals surface area contributed by atoms with E-state index in [4.69, 9.17) is 21.2 Å². The van der Waals surface area contributed by atoms with Gasteiger partial charge in [0.25, 0.3) is 0 Å². The van der Waals surface area contributed by atoms with E-state index in [-0.39, 0.29) is 6.04 Å². The van der Waals surface area contributed by atoms with Crippen molar-refractivity contribution in [3.63, 3.8) is 0 Å². The van der Waals surface area contributed by atoms with Gasteiger partial charge in [-0.15, -0.1) is 0 Å². The normalized spacial score (nSPS) is 25.6. The molecule has 2 N–H and O–H groups in total. The largest absolute Gasteiger partial charge is 0.365 e. The third-order valence-corrected chi connectivity index (χ3v) is 6.72. The van der Waals surface area contributed by atoms with Gasteiger partial charge in [0.05, 0.1) is 5.02 Å². The summed E-state index contributed by atoms with van der Waals surface area (Å²) in [5, 5.41) is 3.85. The Balaban J connectivity index is 1.30. The Kier molecular flexibility index (Phi) is 8.35. The van der Waals surface area contributed by atoms with Crippen LogP contribution in [0, 0.1) is 0 Å². The molecule has 0 aromatic carbocycles. The first-order valence-electron chi connectivity index (χ1n) is 11.7. The van der Waals surface area contributed by atoms with Gasteiger partial charge < -0.3 is 10.1 Å². The first-order chi connectivity index (χ1) is 15.6. The molecule has 1 saturated carbocycles. The molecule has 2 atom stereocenters. The zero-order valence-electron chi connectivity index (χ0n) is 18.3. The van der Waals surface area contributed by atoms with Gasteiger partial charge in [-0.3, -0.25) is 9.69 Å². The minimum absolute atomic E-state index is 0.289. The van der Waals surface area contributed by atoms with Crippen molar-refractivity contribution in [2.24, 2.45) is 0 Å². The number of halogens is 2. The molecular weight excluding hydrogens is 435 g/mol. The Morgan fingerprint density at radius 3 is 2.78 bits per heavy atom. The molecule has 0 spiro atoms. The maximum absolute atomic E-state index is 14.3. The van der Waals surface area contributed by atoms with Crippen molar-refractivity contribution in [1.29, 1.82) is 0 Å². The molecule has 3 aliphatic rings. The lowest BCUT2D eigenvalue weighted by Gasteiger charge is -2.37. The average Bonchev–Trinajstić information content (AvgIpc) is 3.35. The van der Waals surface area contributed by atoms with Gasteiger partial charge in [0, 0.05) is 37.9 Å². The van der Waals surface area contributed by atoms with Crippen LogP contribution in [0.1, 0.15) is 63.4 Å². The zero-order chi connectivity index (χ0) is 22.3. The Morgan fingerprint density at radius 1 is 1.22 bits per heavy atom. The molecule has 176 valence electrons. The fraction of sp³-hybridized carbons (Fsp3) is 0.652. The van der Waals surface area contributed by atoms with Crippen LogP contribution >= 0.6 is 11.6 Å². The maximum Gasteiger partial charge on any atom is 0.303 e. The number of piperidine rings is 1. The summed E-state index contributed by atoms with van der Waals surface area (Å²) >= 11 is 6.41. The second-order valence-corrected chi connectivity index (χ2v) is 9.26. The van der Waals surface area contributed by atoms with Crippen molar-refractivity contribution >= 4 is 29.4 Å². The van der Waals surface area contributed by atoms with E-state index < -0.39 is 18.0 Å². The van der Waals surface area contributed by atoms with E-state index in [2.05, 4.69) is 20.7 Å². The summed E-state index contributed by atoms with van der Waals surface area (Å²) in [4.78, 5) is 24.0. The quantitative estimate of drug-likeness (QED) is 0.457. The lowest BCUT2D eigenvalue weighted by Crippen LogP contribution is -2.46. The number of aromatic nitrogens is 1. The Bertz CT molecular complexity index is 812. The number of anilines is 1. The number of hydrogen-bond acceptors (Lipinski definition) is 6. The van der Waals surface area contributed by atoms with Crippen LogP contribution in [0.2, 0.25) is 5.02 Å². The molecule has 4 rings (SSSR count). The number of likely N-dealkylation sites (tertiary alicyclic amines) is 1. The number of nitrogens with zero attached hydrogens (tertiary/aromatic N) is 2. The van der Waals surface area contributed by atoms with E-state index in [0.717, 1.165) is 44.8 Å². The topological polar surface area (TPSA) is 75.7 Å². The average molecular weight is 467 g/mol. The van der Waals surface area contributed by atoms with E-state index in [1.54, 1.807) is 6.07 Å². The van der Waals surface area contributed by atoms with Crippen molar-refractivity contribution in [3.8, 4) is 0 Å². The van der Waals surface area contributed by atoms with E-state index in [9.17, 15) is 9.18 Å². The van der Waals surface area contributed by atoms with E-state index >= 15 is 0 Å². The number of carbonyl (C=O) groups excluding carboxylic acids is 1. The standard InChI is InChI=1S/C23H32ClFN4O3/c24-19-12-16(13-20(25)23(30)28-32-21-9-3-4-11-31-21)14-26-22(19)27-17-6-5-10-29(15-17)18-7-1-2-8-18/h12-14,17-18,21H,1-11,15H2,(H,26,27)(H,28,30)/t17-,21?/m1/s1. The maximum atomic E-state index is 14.3. The van der Waals surface area contributed by atoms with Gasteiger partial charge in [-0.2, -0.15) is 0 Å². The molecule has 3 fully saturated rings. The van der Waals surface area contributed by atoms with Gasteiger partial charge in [-0.05, 0) is 62.8 Å². The molecule has 3 heterocycles. The number of rotatable bonds is 7. The van der Waals surface area contributed by atoms with Crippen LogP contribution in [0.3, 0.4) is 0 Å². The van der Waals surface area contributed by atoms with Crippen LogP contribution in [-0.4, -0.2) is 53.9 Å². The number of amides is 1. The highest BCUT2D eigenvalue weighted by molar-refractivity contribution is 6.33. The third kappa shape index (κ3) is 6.41. The van der Waals surface area contributed by atoms with Crippen LogP contribution in [0.15, 0.2) is 18.1 Å². The first-order valence-corrected chi connectivity index (χ1v) is 12.1. The van der Waals surface area contributed by atoms with Gasteiger partial charge >= 0.3 is 5.91 Å². The lowest BCUT2D eigenvalue weighted by atomic mass is 10.0. The molecule has 2 aliphatic heterocycles. The highest BCUT2D eigenvalue weighted by Crippen LogP contribution is 2.28. The van der Waals surface area contributed by atoms with Crippen LogP contribution < -0.4 is 10.8 Å². The second-order valence-electron chi connectivity index (χ2n) is 8.85. The van der Waals surface area contributed by atoms with Crippen LogP contribution in [0.5, 0.6) is 0 Å². The third-order valence-electron chi connectivity index (χ3n) is 6.43. The fourth-order valence-corrected chi connectivity index (χ4v) is 4.97. The Morgan fingerprint density at radius 2 is 2.03 bits per heavy atom. The zero-order valence-corrected chi connectivity index (χ0v) is 19.1. The number of hydroxylamine groups is 1. The summed E-state index contributed by atoms with van der Waals surface area (Å²) in [6.45, 7) is 2.72. The van der Waals surface area contributed by atoms with Gasteiger partial charge in [-0.1, -0.05) is 24.4 Å². The summed E-state index contributed by atoms with van der Waals surface area (Å²) in [5.74, 6) is -1.37. The fourth-order valence-electron chi connectivity index (χ4n) is 4.74. The van der Waals surface area contributed by atoms with Gasteiger partial charge in [-0.25, -0.2) is 19.7 Å². The monoisotopic (exact) mass is 466 g/mol. The molecule has 1 unspecified atom stereocenters. The summed E-state index contributed by atoms with van der Waals surface area (Å²) in [6.07, 6.45) is 12.1. The van der Waals surface area contributed by atoms with Crippen molar-refractivity contribution in [2.75, 3.05) is 25.0 Å². The minimum Gasteiger partial charge on any atom is -0.365 e. The number of pyridine rings is 1. The molecule has 1 aliphatic carbocycles. The molecular formula is C23H32ClFN4O3. The van der Waals surface area contributed by atoms with Gasteiger partial charge in [0.2, 0.25) is 0 Å². The lowest BCUT2D eigenvalue weighted by molar-refractivity contribution is -0.199.